The lowest BCUT2D eigenvalue weighted by Gasteiger charge is -2.22. The first-order valence-corrected chi connectivity index (χ1v) is 5.02. The maximum atomic E-state index is 10.2. The minimum absolute atomic E-state index is 0.00656. The second kappa shape index (κ2) is 2.84. The highest BCUT2D eigenvalue weighted by Crippen LogP contribution is 2.45. The van der Waals surface area contributed by atoms with Crippen molar-refractivity contribution in [1.82, 2.24) is 0 Å². The third-order valence-electron chi connectivity index (χ3n) is 2.88. The molecule has 0 radical (unpaired) electrons. The lowest BCUT2D eigenvalue weighted by Crippen LogP contribution is -2.21. The molecule has 0 aromatic carbocycles. The quantitative estimate of drug-likeness (QED) is 0.588. The summed E-state index contributed by atoms with van der Waals surface area (Å²) in [6.07, 6.45) is 4.58. The second-order valence-corrected chi connectivity index (χ2v) is 4.11. The van der Waals surface area contributed by atoms with Crippen molar-refractivity contribution in [2.45, 2.75) is 31.8 Å². The Morgan fingerprint density at radius 1 is 1.36 bits per heavy atom. The molecule has 2 saturated carbocycles. The van der Waals surface area contributed by atoms with Gasteiger partial charge in [0.2, 0.25) is 0 Å². The van der Waals surface area contributed by atoms with Gasteiger partial charge >= 0.3 is 0 Å². The van der Waals surface area contributed by atoms with Crippen LogP contribution in [0, 0.1) is 11.8 Å². The molecule has 2 fully saturated rings. The van der Waals surface area contributed by atoms with Crippen LogP contribution < -0.4 is 0 Å². The van der Waals surface area contributed by atoms with Crippen LogP contribution in [0.4, 0.5) is 0 Å². The molecule has 4 heteroatoms. The van der Waals surface area contributed by atoms with Gasteiger partial charge in [-0.05, 0) is 37.5 Å². The third-order valence-corrected chi connectivity index (χ3v) is 3.28. The van der Waals surface area contributed by atoms with Crippen LogP contribution in [-0.4, -0.2) is 14.9 Å². The molecule has 2 aliphatic rings. The van der Waals surface area contributed by atoms with Gasteiger partial charge in [-0.25, -0.2) is 4.21 Å². The van der Waals surface area contributed by atoms with Gasteiger partial charge in [0.1, 0.15) is 0 Å². The van der Waals surface area contributed by atoms with E-state index in [4.69, 9.17) is 4.18 Å². The van der Waals surface area contributed by atoms with Gasteiger partial charge in [-0.1, -0.05) is 0 Å². The van der Waals surface area contributed by atoms with Gasteiger partial charge in [0.25, 0.3) is 0 Å². The molecule has 0 aromatic rings. The van der Waals surface area contributed by atoms with E-state index in [0.717, 1.165) is 18.8 Å². The van der Waals surface area contributed by atoms with Crippen molar-refractivity contribution in [3.63, 3.8) is 0 Å². The summed E-state index contributed by atoms with van der Waals surface area (Å²) in [7, 11) is 0. The minimum atomic E-state index is -2.31. The van der Waals surface area contributed by atoms with Gasteiger partial charge in [-0.15, -0.1) is 0 Å². The Balaban J connectivity index is 1.92. The lowest BCUT2D eigenvalue weighted by molar-refractivity contribution is 0.140. The van der Waals surface area contributed by atoms with E-state index in [2.05, 4.69) is 0 Å². The molecule has 4 unspecified atom stereocenters. The van der Waals surface area contributed by atoms with Gasteiger partial charge in [0.05, 0.1) is 17.5 Å². The SMILES string of the molecule is O=S([O-])OC1CC2CCC1C2. The standard InChI is InChI=1S/C7H12O3S/c8-11(9)10-7-4-5-1-2-6(7)3-5/h5-7H,1-4H2,(H,8,9)/p-1. The summed E-state index contributed by atoms with van der Waals surface area (Å²) in [5, 5.41) is 0. The number of hydrogen-bond acceptors (Lipinski definition) is 3. The zero-order chi connectivity index (χ0) is 7.84. The molecule has 11 heavy (non-hydrogen) atoms. The molecule has 2 rings (SSSR count). The summed E-state index contributed by atoms with van der Waals surface area (Å²) in [6, 6.07) is 0. The van der Waals surface area contributed by atoms with Crippen molar-refractivity contribution in [3.8, 4) is 0 Å². The molecule has 4 atom stereocenters. The van der Waals surface area contributed by atoms with E-state index in [9.17, 15) is 8.76 Å². The highest BCUT2D eigenvalue weighted by molar-refractivity contribution is 7.74. The molecular weight excluding hydrogens is 164 g/mol. The highest BCUT2D eigenvalue weighted by Gasteiger charge is 2.40. The Kier molecular flexibility index (Phi) is 1.99. The Bertz CT molecular complexity index is 183. The van der Waals surface area contributed by atoms with Gasteiger partial charge in [0.15, 0.2) is 0 Å². The molecule has 64 valence electrons. The van der Waals surface area contributed by atoms with Gasteiger partial charge in [-0.2, -0.15) is 0 Å². The summed E-state index contributed by atoms with van der Waals surface area (Å²) in [4.78, 5) is 0. The molecule has 2 bridgehead atoms. The molecule has 3 nitrogen and oxygen atoms in total. The Morgan fingerprint density at radius 3 is 2.64 bits per heavy atom. The van der Waals surface area contributed by atoms with Crippen LogP contribution in [-0.2, 0) is 15.5 Å². The van der Waals surface area contributed by atoms with Crippen LogP contribution in [0.3, 0.4) is 0 Å². The number of fused-ring (bicyclic) bond motifs is 2. The third kappa shape index (κ3) is 1.48. The van der Waals surface area contributed by atoms with Gasteiger partial charge in [-0.3, -0.25) is 4.18 Å². The average molecular weight is 175 g/mol. The minimum Gasteiger partial charge on any atom is -0.750 e. The Morgan fingerprint density at radius 2 is 2.18 bits per heavy atom. The van der Waals surface area contributed by atoms with Crippen LogP contribution in [0.1, 0.15) is 25.7 Å². The smallest absolute Gasteiger partial charge is 0.0844 e. The molecular formula is C7H11O3S-. The topological polar surface area (TPSA) is 49.4 Å². The fourth-order valence-electron chi connectivity index (χ4n) is 2.41. The first-order valence-electron chi connectivity index (χ1n) is 4.02. The van der Waals surface area contributed by atoms with Crippen molar-refractivity contribution in [2.24, 2.45) is 11.8 Å². The summed E-state index contributed by atoms with van der Waals surface area (Å²) in [5.41, 5.74) is 0. The molecule has 0 amide bonds. The summed E-state index contributed by atoms with van der Waals surface area (Å²) in [5.74, 6) is 1.27. The predicted molar refractivity (Wildman–Crippen MR) is 39.2 cm³/mol. The van der Waals surface area contributed by atoms with Crippen molar-refractivity contribution in [1.29, 1.82) is 0 Å². The number of hydrogen-bond donors (Lipinski definition) is 0. The van der Waals surface area contributed by atoms with Crippen LogP contribution in [0.25, 0.3) is 0 Å². The van der Waals surface area contributed by atoms with Crippen molar-refractivity contribution >= 4 is 11.4 Å². The van der Waals surface area contributed by atoms with E-state index in [1.165, 1.54) is 12.8 Å². The summed E-state index contributed by atoms with van der Waals surface area (Å²) in [6.45, 7) is 0. The van der Waals surface area contributed by atoms with Crippen LogP contribution in [0.5, 0.6) is 0 Å². The largest absolute Gasteiger partial charge is 0.750 e. The van der Waals surface area contributed by atoms with E-state index in [1.807, 2.05) is 0 Å². The maximum Gasteiger partial charge on any atom is 0.0844 e. The van der Waals surface area contributed by atoms with Crippen molar-refractivity contribution in [3.05, 3.63) is 0 Å². The zero-order valence-corrected chi connectivity index (χ0v) is 7.01. The molecule has 0 spiro atoms. The Hall–Kier alpha value is 0.0700. The first kappa shape index (κ1) is 7.71. The molecule has 2 aliphatic carbocycles. The van der Waals surface area contributed by atoms with E-state index in [1.54, 1.807) is 0 Å². The second-order valence-electron chi connectivity index (χ2n) is 3.51. The lowest BCUT2D eigenvalue weighted by atomic mass is 9.98. The fourth-order valence-corrected chi connectivity index (χ4v) is 2.84. The van der Waals surface area contributed by atoms with Gasteiger partial charge in [0, 0.05) is 0 Å². The molecule has 0 aliphatic heterocycles. The Labute approximate surface area is 68.6 Å². The fraction of sp³-hybridized carbons (Fsp3) is 1.00. The van der Waals surface area contributed by atoms with Crippen molar-refractivity contribution in [2.75, 3.05) is 0 Å². The summed E-state index contributed by atoms with van der Waals surface area (Å²) < 4.78 is 25.2. The zero-order valence-electron chi connectivity index (χ0n) is 6.19. The average Bonchev–Trinajstić information content (AvgIpc) is 2.45. The van der Waals surface area contributed by atoms with E-state index in [-0.39, 0.29) is 6.10 Å². The first-order chi connectivity index (χ1) is 5.25. The van der Waals surface area contributed by atoms with Gasteiger partial charge < -0.3 is 4.55 Å². The van der Waals surface area contributed by atoms with E-state index in [0.29, 0.717) is 5.92 Å². The molecule has 0 aromatic heterocycles. The molecule has 0 saturated heterocycles. The molecule has 0 N–H and O–H groups in total. The normalized spacial score (nSPS) is 44.6. The molecule has 0 heterocycles. The predicted octanol–water partition coefficient (Wildman–Crippen LogP) is 0.986. The van der Waals surface area contributed by atoms with Crippen LogP contribution in [0.15, 0.2) is 0 Å². The van der Waals surface area contributed by atoms with E-state index < -0.39 is 11.4 Å². The van der Waals surface area contributed by atoms with E-state index >= 15 is 0 Å². The number of rotatable bonds is 2. The van der Waals surface area contributed by atoms with Crippen LogP contribution in [0.2, 0.25) is 0 Å². The maximum absolute atomic E-state index is 10.2. The monoisotopic (exact) mass is 175 g/mol. The highest BCUT2D eigenvalue weighted by atomic mass is 32.2. The summed E-state index contributed by atoms with van der Waals surface area (Å²) >= 11 is -2.31. The van der Waals surface area contributed by atoms with Crippen molar-refractivity contribution < 1.29 is 12.9 Å². The van der Waals surface area contributed by atoms with Crippen LogP contribution >= 0.6 is 0 Å².